The van der Waals surface area contributed by atoms with Gasteiger partial charge in [-0.25, -0.2) is 0 Å². The van der Waals surface area contributed by atoms with Gasteiger partial charge in [0.15, 0.2) is 0 Å². The number of amides is 1. The maximum atomic E-state index is 12.3. The van der Waals surface area contributed by atoms with Gasteiger partial charge in [-0.05, 0) is 43.4 Å². The number of piperidine rings is 1. The summed E-state index contributed by atoms with van der Waals surface area (Å²) in [6.07, 6.45) is 6.11. The van der Waals surface area contributed by atoms with Crippen LogP contribution in [0.4, 0.5) is 0 Å². The van der Waals surface area contributed by atoms with Gasteiger partial charge in [0.25, 0.3) is 0 Å². The number of nitrogens with zero attached hydrogens (tertiary/aromatic N) is 2. The molecule has 2 saturated heterocycles. The Labute approximate surface area is 161 Å². The Balaban J connectivity index is 0.00000144. The second-order valence-electron chi connectivity index (χ2n) is 6.43. The number of rotatable bonds is 5. The highest BCUT2D eigenvalue weighted by Crippen LogP contribution is 2.37. The van der Waals surface area contributed by atoms with Gasteiger partial charge in [-0.2, -0.15) is 11.8 Å². The van der Waals surface area contributed by atoms with Crippen molar-refractivity contribution < 1.29 is 4.79 Å². The van der Waals surface area contributed by atoms with Gasteiger partial charge >= 0.3 is 0 Å². The van der Waals surface area contributed by atoms with Crippen LogP contribution in [0.3, 0.4) is 0 Å². The van der Waals surface area contributed by atoms with Crippen molar-refractivity contribution in [3.63, 3.8) is 0 Å². The highest BCUT2D eigenvalue weighted by atomic mass is 35.5. The Morgan fingerprint density at radius 3 is 2.67 bits per heavy atom. The lowest BCUT2D eigenvalue weighted by atomic mass is 9.78. The van der Waals surface area contributed by atoms with E-state index in [1.165, 1.54) is 19.3 Å². The van der Waals surface area contributed by atoms with Gasteiger partial charge in [0.05, 0.1) is 5.69 Å². The van der Waals surface area contributed by atoms with Crippen LogP contribution in [0, 0.1) is 5.41 Å². The molecule has 0 radical (unpaired) electrons. The third-order valence-corrected chi connectivity index (χ3v) is 5.94. The van der Waals surface area contributed by atoms with Crippen molar-refractivity contribution in [1.82, 2.24) is 15.2 Å². The summed E-state index contributed by atoms with van der Waals surface area (Å²) in [5.41, 5.74) is 1.58. The molecule has 1 amide bonds. The Kier molecular flexibility index (Phi) is 9.42. The summed E-state index contributed by atoms with van der Waals surface area (Å²) in [4.78, 5) is 18.7. The summed E-state index contributed by atoms with van der Waals surface area (Å²) >= 11 is 1.80. The molecule has 1 N–H and O–H groups in total. The van der Waals surface area contributed by atoms with Crippen molar-refractivity contribution in [2.75, 3.05) is 31.9 Å². The smallest absolute Gasteiger partial charge is 0.223 e. The topological polar surface area (TPSA) is 45.2 Å². The summed E-state index contributed by atoms with van der Waals surface area (Å²) in [7, 11) is 0. The molecule has 7 heteroatoms. The summed E-state index contributed by atoms with van der Waals surface area (Å²) in [5.74, 6) is 2.11. The first kappa shape index (κ1) is 21.6. The predicted octanol–water partition coefficient (Wildman–Crippen LogP) is 3.15. The third-order valence-electron chi connectivity index (χ3n) is 4.95. The Hall–Kier alpha value is -0.490. The number of hydrogen-bond donors (Lipinski definition) is 1. The Morgan fingerprint density at radius 1 is 1.25 bits per heavy atom. The van der Waals surface area contributed by atoms with Gasteiger partial charge in [0, 0.05) is 43.8 Å². The molecule has 2 fully saturated rings. The molecule has 24 heavy (non-hydrogen) atoms. The Morgan fingerprint density at radius 2 is 2.04 bits per heavy atom. The lowest BCUT2D eigenvalue weighted by molar-refractivity contribution is -0.132. The first-order valence-corrected chi connectivity index (χ1v) is 9.39. The number of thioether (sulfide) groups is 1. The van der Waals surface area contributed by atoms with E-state index in [2.05, 4.69) is 15.2 Å². The minimum absolute atomic E-state index is 0. The second-order valence-corrected chi connectivity index (χ2v) is 7.54. The van der Waals surface area contributed by atoms with Crippen molar-refractivity contribution >= 4 is 42.5 Å². The molecule has 0 saturated carbocycles. The van der Waals surface area contributed by atoms with Gasteiger partial charge in [0.2, 0.25) is 5.91 Å². The van der Waals surface area contributed by atoms with Crippen LogP contribution in [-0.4, -0.2) is 47.7 Å². The van der Waals surface area contributed by atoms with Crippen molar-refractivity contribution in [3.8, 4) is 0 Å². The largest absolute Gasteiger partial charge is 0.343 e. The zero-order valence-electron chi connectivity index (χ0n) is 13.9. The molecule has 2 aliphatic rings. The molecule has 1 spiro atoms. The number of halogens is 2. The van der Waals surface area contributed by atoms with Gasteiger partial charge in [-0.1, -0.05) is 6.07 Å². The van der Waals surface area contributed by atoms with Crippen LogP contribution in [0.5, 0.6) is 0 Å². The number of hydrogen-bond acceptors (Lipinski definition) is 4. The van der Waals surface area contributed by atoms with E-state index < -0.39 is 0 Å². The number of pyridine rings is 1. The molecule has 0 unspecified atom stereocenters. The van der Waals surface area contributed by atoms with Crippen molar-refractivity contribution in [2.45, 2.75) is 31.4 Å². The monoisotopic (exact) mass is 391 g/mol. The van der Waals surface area contributed by atoms with E-state index in [0.29, 0.717) is 17.7 Å². The molecule has 4 nitrogen and oxygen atoms in total. The van der Waals surface area contributed by atoms with E-state index in [1.807, 2.05) is 24.4 Å². The minimum Gasteiger partial charge on any atom is -0.343 e. The van der Waals surface area contributed by atoms with E-state index in [1.54, 1.807) is 11.8 Å². The molecule has 2 aliphatic heterocycles. The van der Waals surface area contributed by atoms with Gasteiger partial charge in [-0.3, -0.25) is 9.78 Å². The lowest BCUT2D eigenvalue weighted by Crippen LogP contribution is -2.44. The molecule has 0 aromatic carbocycles. The summed E-state index contributed by atoms with van der Waals surface area (Å²) < 4.78 is 0. The zero-order chi connectivity index (χ0) is 15.3. The number of nitrogens with one attached hydrogen (secondary N) is 1. The molecule has 0 aliphatic carbocycles. The molecular formula is C17H27Cl2N3OS. The van der Waals surface area contributed by atoms with Crippen LogP contribution in [0.25, 0.3) is 0 Å². The zero-order valence-corrected chi connectivity index (χ0v) is 16.4. The van der Waals surface area contributed by atoms with E-state index in [0.717, 1.165) is 43.4 Å². The predicted molar refractivity (Wildman–Crippen MR) is 105 cm³/mol. The molecule has 3 rings (SSSR count). The van der Waals surface area contributed by atoms with Crippen molar-refractivity contribution in [3.05, 3.63) is 30.1 Å². The summed E-state index contributed by atoms with van der Waals surface area (Å²) in [6.45, 7) is 4.20. The molecule has 3 heterocycles. The van der Waals surface area contributed by atoms with E-state index in [4.69, 9.17) is 0 Å². The molecule has 136 valence electrons. The van der Waals surface area contributed by atoms with Crippen LogP contribution < -0.4 is 5.32 Å². The van der Waals surface area contributed by atoms with Crippen molar-refractivity contribution in [2.24, 2.45) is 5.41 Å². The maximum Gasteiger partial charge on any atom is 0.223 e. The van der Waals surface area contributed by atoms with Crippen LogP contribution in [0.2, 0.25) is 0 Å². The SMILES string of the molecule is Cl.Cl.O=C(CCSCc1ccccn1)N1CCC2(CCNC2)CC1. The van der Waals surface area contributed by atoms with E-state index >= 15 is 0 Å². The first-order valence-electron chi connectivity index (χ1n) is 8.24. The number of carbonyl (C=O) groups excluding carboxylic acids is 1. The molecule has 1 aromatic rings. The second kappa shape index (κ2) is 10.5. The van der Waals surface area contributed by atoms with E-state index in [-0.39, 0.29) is 24.8 Å². The first-order chi connectivity index (χ1) is 10.8. The Bertz CT molecular complexity index is 488. The fourth-order valence-corrected chi connectivity index (χ4v) is 4.27. The number of aromatic nitrogens is 1. The highest BCUT2D eigenvalue weighted by molar-refractivity contribution is 7.98. The van der Waals surface area contributed by atoms with Crippen LogP contribution in [0.1, 0.15) is 31.4 Å². The number of likely N-dealkylation sites (tertiary alicyclic amines) is 1. The maximum absolute atomic E-state index is 12.3. The fraction of sp³-hybridized carbons (Fsp3) is 0.647. The van der Waals surface area contributed by atoms with E-state index in [9.17, 15) is 4.79 Å². The van der Waals surface area contributed by atoms with Crippen LogP contribution >= 0.6 is 36.6 Å². The molecule has 1 aromatic heterocycles. The highest BCUT2D eigenvalue weighted by Gasteiger charge is 2.37. The lowest BCUT2D eigenvalue weighted by Gasteiger charge is -2.39. The summed E-state index contributed by atoms with van der Waals surface area (Å²) in [6, 6.07) is 5.98. The summed E-state index contributed by atoms with van der Waals surface area (Å²) in [5, 5.41) is 3.47. The third kappa shape index (κ3) is 5.80. The molecular weight excluding hydrogens is 365 g/mol. The van der Waals surface area contributed by atoms with Gasteiger partial charge < -0.3 is 10.2 Å². The van der Waals surface area contributed by atoms with Crippen LogP contribution in [0.15, 0.2) is 24.4 Å². The van der Waals surface area contributed by atoms with Crippen molar-refractivity contribution in [1.29, 1.82) is 0 Å². The van der Waals surface area contributed by atoms with Gasteiger partial charge in [-0.15, -0.1) is 24.8 Å². The van der Waals surface area contributed by atoms with Crippen LogP contribution in [-0.2, 0) is 10.5 Å². The molecule has 0 bridgehead atoms. The number of carbonyl (C=O) groups is 1. The quantitative estimate of drug-likeness (QED) is 0.782. The normalized spacial score (nSPS) is 18.8. The molecule has 0 atom stereocenters. The average molecular weight is 392 g/mol. The van der Waals surface area contributed by atoms with Gasteiger partial charge in [0.1, 0.15) is 0 Å². The standard InChI is InChI=1S/C17H25N3OS.2ClH/c21-16(4-12-22-13-15-3-1-2-8-19-15)20-10-6-17(7-11-20)5-9-18-14-17;;/h1-3,8,18H,4-7,9-14H2;2*1H. The fourth-order valence-electron chi connectivity index (χ4n) is 3.43. The average Bonchev–Trinajstić information content (AvgIpc) is 3.01. The minimum atomic E-state index is 0.